The first-order valence-electron chi connectivity index (χ1n) is 6.68. The summed E-state index contributed by atoms with van der Waals surface area (Å²) in [7, 11) is -3.37. The van der Waals surface area contributed by atoms with E-state index < -0.39 is 16.1 Å². The van der Waals surface area contributed by atoms with E-state index >= 15 is 0 Å². The van der Waals surface area contributed by atoms with Crippen molar-refractivity contribution in [2.75, 3.05) is 0 Å². The predicted octanol–water partition coefficient (Wildman–Crippen LogP) is 1.69. The largest absolute Gasteiger partial charge is 0.393 e. The zero-order chi connectivity index (χ0) is 14.0. The summed E-state index contributed by atoms with van der Waals surface area (Å²) in [4.78, 5) is 0.294. The maximum Gasteiger partial charge on any atom is 0.240 e. The van der Waals surface area contributed by atoms with E-state index in [4.69, 9.17) is 0 Å². The van der Waals surface area contributed by atoms with E-state index in [-0.39, 0.29) is 12.0 Å². The molecule has 0 saturated heterocycles. The fraction of sp³-hybridized carbons (Fsp3) is 0.571. The van der Waals surface area contributed by atoms with Gasteiger partial charge in [0, 0.05) is 6.04 Å². The number of nitrogens with one attached hydrogen (secondary N) is 1. The van der Waals surface area contributed by atoms with E-state index in [1.165, 1.54) is 0 Å². The third kappa shape index (κ3) is 4.03. The molecule has 1 unspecified atom stereocenters. The van der Waals surface area contributed by atoms with E-state index in [2.05, 4.69) is 4.72 Å². The second-order valence-electron chi connectivity index (χ2n) is 5.56. The Morgan fingerprint density at radius 3 is 2.32 bits per heavy atom. The van der Waals surface area contributed by atoms with Gasteiger partial charge in [-0.3, -0.25) is 0 Å². The van der Waals surface area contributed by atoms with Gasteiger partial charge in [-0.1, -0.05) is 26.0 Å². The fourth-order valence-electron chi connectivity index (χ4n) is 1.77. The monoisotopic (exact) mass is 283 g/mol. The molecule has 0 amide bonds. The number of hydrogen-bond donors (Lipinski definition) is 2. The van der Waals surface area contributed by atoms with Gasteiger partial charge < -0.3 is 5.11 Å². The van der Waals surface area contributed by atoms with Crippen molar-refractivity contribution in [3.8, 4) is 0 Å². The van der Waals surface area contributed by atoms with Crippen LogP contribution in [-0.4, -0.2) is 25.7 Å². The summed E-state index contributed by atoms with van der Waals surface area (Å²) in [5, 5.41) is 9.81. The first-order valence-corrected chi connectivity index (χ1v) is 8.16. The summed E-state index contributed by atoms with van der Waals surface area (Å²) in [6.07, 6.45) is 2.01. The third-order valence-corrected chi connectivity index (χ3v) is 4.88. The summed E-state index contributed by atoms with van der Waals surface area (Å²) in [6.45, 7) is 3.92. The molecule has 106 valence electrons. The van der Waals surface area contributed by atoms with Crippen molar-refractivity contribution in [2.45, 2.75) is 50.2 Å². The predicted molar refractivity (Wildman–Crippen MR) is 74.3 cm³/mol. The number of aliphatic hydroxyl groups excluding tert-OH is 1. The molecule has 0 heterocycles. The summed E-state index contributed by atoms with van der Waals surface area (Å²) >= 11 is 0. The minimum Gasteiger partial charge on any atom is -0.393 e. The highest BCUT2D eigenvalue weighted by Crippen LogP contribution is 2.22. The van der Waals surface area contributed by atoms with Gasteiger partial charge in [0.1, 0.15) is 0 Å². The van der Waals surface area contributed by atoms with Crippen LogP contribution in [0.15, 0.2) is 29.2 Å². The Labute approximate surface area is 114 Å². The maximum atomic E-state index is 12.0. The van der Waals surface area contributed by atoms with Gasteiger partial charge in [0.2, 0.25) is 10.0 Å². The topological polar surface area (TPSA) is 66.4 Å². The summed E-state index contributed by atoms with van der Waals surface area (Å²) in [5.41, 5.74) is 0.951. The Morgan fingerprint density at radius 2 is 1.84 bits per heavy atom. The Hall–Kier alpha value is -0.910. The van der Waals surface area contributed by atoms with Crippen LogP contribution in [0, 0.1) is 5.92 Å². The lowest BCUT2D eigenvalue weighted by Crippen LogP contribution is -2.25. The maximum absolute atomic E-state index is 12.0. The number of rotatable bonds is 6. The highest BCUT2D eigenvalue weighted by molar-refractivity contribution is 7.89. The van der Waals surface area contributed by atoms with Gasteiger partial charge in [0.15, 0.2) is 0 Å². The van der Waals surface area contributed by atoms with Crippen LogP contribution < -0.4 is 4.72 Å². The summed E-state index contributed by atoms with van der Waals surface area (Å²) in [5.74, 6) is 0.194. The Bertz CT molecular complexity index is 518. The minimum atomic E-state index is -3.37. The summed E-state index contributed by atoms with van der Waals surface area (Å²) in [6, 6.07) is 6.87. The molecule has 0 aromatic heterocycles. The van der Waals surface area contributed by atoms with Crippen LogP contribution >= 0.6 is 0 Å². The van der Waals surface area contributed by atoms with Crippen molar-refractivity contribution in [3.63, 3.8) is 0 Å². The van der Waals surface area contributed by atoms with Crippen LogP contribution in [0.4, 0.5) is 0 Å². The van der Waals surface area contributed by atoms with Gasteiger partial charge in [-0.2, -0.15) is 0 Å². The first-order chi connectivity index (χ1) is 8.88. The smallest absolute Gasteiger partial charge is 0.240 e. The standard InChI is InChI=1S/C14H21NO3S/c1-10(2)14(16)9-11-3-7-13(8-4-11)19(17,18)15-12-5-6-12/h3-4,7-8,10,12,14-16H,5-6,9H2,1-2H3. The second-order valence-corrected chi connectivity index (χ2v) is 7.27. The van der Waals surface area contributed by atoms with E-state index in [1.807, 2.05) is 13.8 Å². The van der Waals surface area contributed by atoms with E-state index in [0.29, 0.717) is 11.3 Å². The van der Waals surface area contributed by atoms with Gasteiger partial charge >= 0.3 is 0 Å². The molecule has 2 rings (SSSR count). The molecule has 1 aromatic rings. The van der Waals surface area contributed by atoms with Crippen LogP contribution in [0.3, 0.4) is 0 Å². The van der Waals surface area contributed by atoms with Crippen molar-refractivity contribution in [1.82, 2.24) is 4.72 Å². The molecule has 2 N–H and O–H groups in total. The van der Waals surface area contributed by atoms with Gasteiger partial charge in [0.05, 0.1) is 11.0 Å². The molecule has 1 aliphatic carbocycles. The molecule has 0 bridgehead atoms. The highest BCUT2D eigenvalue weighted by Gasteiger charge is 2.27. The van der Waals surface area contributed by atoms with Crippen LogP contribution in [0.25, 0.3) is 0 Å². The van der Waals surface area contributed by atoms with Gasteiger partial charge in [-0.25, -0.2) is 13.1 Å². The number of sulfonamides is 1. The molecule has 1 aromatic carbocycles. The van der Waals surface area contributed by atoms with Crippen molar-refractivity contribution in [3.05, 3.63) is 29.8 Å². The molecule has 5 heteroatoms. The minimum absolute atomic E-state index is 0.118. The summed E-state index contributed by atoms with van der Waals surface area (Å²) < 4.78 is 26.6. The molecule has 1 aliphatic rings. The van der Waals surface area contributed by atoms with Crippen LogP contribution in [0.2, 0.25) is 0 Å². The molecule has 0 radical (unpaired) electrons. The van der Waals surface area contributed by atoms with Gasteiger partial charge in [-0.15, -0.1) is 0 Å². The fourth-order valence-corrected chi connectivity index (χ4v) is 3.08. The molecular weight excluding hydrogens is 262 g/mol. The Morgan fingerprint density at radius 1 is 1.26 bits per heavy atom. The van der Waals surface area contributed by atoms with E-state index in [0.717, 1.165) is 18.4 Å². The van der Waals surface area contributed by atoms with Gasteiger partial charge in [-0.05, 0) is 42.9 Å². The molecule has 4 nitrogen and oxygen atoms in total. The number of benzene rings is 1. The lowest BCUT2D eigenvalue weighted by atomic mass is 9.99. The molecule has 19 heavy (non-hydrogen) atoms. The van der Waals surface area contributed by atoms with Crippen molar-refractivity contribution >= 4 is 10.0 Å². The van der Waals surface area contributed by atoms with Crippen molar-refractivity contribution < 1.29 is 13.5 Å². The highest BCUT2D eigenvalue weighted by atomic mass is 32.2. The number of hydrogen-bond acceptors (Lipinski definition) is 3. The molecular formula is C14H21NO3S. The Balaban J connectivity index is 2.05. The zero-order valence-electron chi connectivity index (χ0n) is 11.3. The lowest BCUT2D eigenvalue weighted by molar-refractivity contribution is 0.125. The second kappa shape index (κ2) is 5.61. The average Bonchev–Trinajstić information content (AvgIpc) is 3.12. The first kappa shape index (κ1) is 14.5. The lowest BCUT2D eigenvalue weighted by Gasteiger charge is -2.14. The average molecular weight is 283 g/mol. The van der Waals surface area contributed by atoms with Crippen molar-refractivity contribution in [1.29, 1.82) is 0 Å². The SMILES string of the molecule is CC(C)C(O)Cc1ccc(S(=O)(=O)NC2CC2)cc1. The third-order valence-electron chi connectivity index (χ3n) is 3.35. The molecule has 0 aliphatic heterocycles. The van der Waals surface area contributed by atoms with E-state index in [1.54, 1.807) is 24.3 Å². The van der Waals surface area contributed by atoms with Crippen LogP contribution in [0.5, 0.6) is 0 Å². The van der Waals surface area contributed by atoms with E-state index in [9.17, 15) is 13.5 Å². The zero-order valence-corrected chi connectivity index (χ0v) is 12.2. The molecule has 1 atom stereocenters. The van der Waals surface area contributed by atoms with Crippen LogP contribution in [-0.2, 0) is 16.4 Å². The van der Waals surface area contributed by atoms with Crippen molar-refractivity contribution in [2.24, 2.45) is 5.92 Å². The quantitative estimate of drug-likeness (QED) is 0.835. The normalized spacial score (nSPS) is 17.7. The van der Waals surface area contributed by atoms with Gasteiger partial charge in [0.25, 0.3) is 0 Å². The molecule has 1 saturated carbocycles. The van der Waals surface area contributed by atoms with Crippen LogP contribution in [0.1, 0.15) is 32.3 Å². The Kier molecular flexibility index (Phi) is 4.28. The number of aliphatic hydroxyl groups is 1. The molecule has 1 fully saturated rings. The molecule has 0 spiro atoms.